The summed E-state index contributed by atoms with van der Waals surface area (Å²) < 4.78 is 0. The third kappa shape index (κ3) is 7.47. The Kier molecular flexibility index (Phi) is 7.73. The van der Waals surface area contributed by atoms with E-state index in [9.17, 15) is 0 Å². The molecule has 1 aromatic rings. The standard InChI is InChI=1S/C18H30N2S/c1-13(2)7-6-8-15(5)19-18(21)20-17-11-9-16(10-12-17)14(3)4/h9-15H,6-8H2,1-5H3,(H2,19,20,21). The van der Waals surface area contributed by atoms with Crippen molar-refractivity contribution in [3.8, 4) is 0 Å². The van der Waals surface area contributed by atoms with Crippen molar-refractivity contribution in [2.75, 3.05) is 5.32 Å². The molecular formula is C18H30N2S. The Morgan fingerprint density at radius 1 is 1.00 bits per heavy atom. The van der Waals surface area contributed by atoms with E-state index in [4.69, 9.17) is 12.2 Å². The minimum Gasteiger partial charge on any atom is -0.360 e. The molecule has 0 fully saturated rings. The molecule has 2 N–H and O–H groups in total. The molecule has 0 heterocycles. The number of nitrogens with one attached hydrogen (secondary N) is 2. The van der Waals surface area contributed by atoms with Crippen molar-refractivity contribution in [1.29, 1.82) is 0 Å². The molecule has 118 valence electrons. The van der Waals surface area contributed by atoms with Gasteiger partial charge in [-0.05, 0) is 55.1 Å². The van der Waals surface area contributed by atoms with Gasteiger partial charge in [0.15, 0.2) is 5.11 Å². The maximum absolute atomic E-state index is 5.38. The zero-order chi connectivity index (χ0) is 15.8. The van der Waals surface area contributed by atoms with Crippen LogP contribution >= 0.6 is 12.2 Å². The first kappa shape index (κ1) is 18.0. The summed E-state index contributed by atoms with van der Waals surface area (Å²) in [5.41, 5.74) is 2.40. The van der Waals surface area contributed by atoms with E-state index in [0.29, 0.717) is 17.1 Å². The van der Waals surface area contributed by atoms with Gasteiger partial charge in [-0.15, -0.1) is 0 Å². The van der Waals surface area contributed by atoms with Crippen molar-refractivity contribution in [2.24, 2.45) is 5.92 Å². The van der Waals surface area contributed by atoms with Crippen LogP contribution in [0.3, 0.4) is 0 Å². The van der Waals surface area contributed by atoms with Crippen molar-refractivity contribution in [2.45, 2.75) is 65.8 Å². The molecule has 1 atom stereocenters. The van der Waals surface area contributed by atoms with Gasteiger partial charge in [0.1, 0.15) is 0 Å². The Balaban J connectivity index is 2.35. The predicted molar refractivity (Wildman–Crippen MR) is 98.0 cm³/mol. The van der Waals surface area contributed by atoms with Gasteiger partial charge in [-0.2, -0.15) is 0 Å². The third-order valence-corrected chi connectivity index (χ3v) is 3.85. The lowest BCUT2D eigenvalue weighted by molar-refractivity contribution is 0.495. The van der Waals surface area contributed by atoms with Crippen LogP contribution in [-0.2, 0) is 0 Å². The van der Waals surface area contributed by atoms with Crippen molar-refractivity contribution in [1.82, 2.24) is 5.32 Å². The molecule has 1 aromatic carbocycles. The Bertz CT molecular complexity index is 423. The molecule has 0 bridgehead atoms. The monoisotopic (exact) mass is 306 g/mol. The van der Waals surface area contributed by atoms with Gasteiger partial charge in [-0.25, -0.2) is 0 Å². The van der Waals surface area contributed by atoms with E-state index in [0.717, 1.165) is 18.0 Å². The maximum atomic E-state index is 5.38. The summed E-state index contributed by atoms with van der Waals surface area (Å²) in [6, 6.07) is 8.90. The van der Waals surface area contributed by atoms with Crippen molar-refractivity contribution in [3.05, 3.63) is 29.8 Å². The summed E-state index contributed by atoms with van der Waals surface area (Å²) in [5, 5.41) is 7.33. The zero-order valence-corrected chi connectivity index (χ0v) is 14.9. The SMILES string of the molecule is CC(C)CCCC(C)NC(=S)Nc1ccc(C(C)C)cc1. The van der Waals surface area contributed by atoms with Gasteiger partial charge >= 0.3 is 0 Å². The number of hydrogen-bond donors (Lipinski definition) is 2. The molecular weight excluding hydrogens is 276 g/mol. The Hall–Kier alpha value is -1.09. The van der Waals surface area contributed by atoms with Crippen LogP contribution in [0.1, 0.15) is 65.4 Å². The van der Waals surface area contributed by atoms with Crippen LogP contribution in [0.25, 0.3) is 0 Å². The second-order valence-electron chi connectivity index (χ2n) is 6.60. The molecule has 0 aliphatic rings. The summed E-state index contributed by atoms with van der Waals surface area (Å²) in [6.45, 7) is 11.1. The van der Waals surface area contributed by atoms with E-state index in [1.165, 1.54) is 18.4 Å². The number of thiocarbonyl (C=S) groups is 1. The molecule has 0 saturated carbocycles. The highest BCUT2D eigenvalue weighted by molar-refractivity contribution is 7.80. The predicted octanol–water partition coefficient (Wildman–Crippen LogP) is 5.31. The van der Waals surface area contributed by atoms with Gasteiger partial charge in [-0.3, -0.25) is 0 Å². The highest BCUT2D eigenvalue weighted by Crippen LogP contribution is 2.17. The molecule has 0 saturated heterocycles. The molecule has 0 aromatic heterocycles. The summed E-state index contributed by atoms with van der Waals surface area (Å²) in [6.07, 6.45) is 3.69. The first-order valence-corrected chi connectivity index (χ1v) is 8.46. The largest absolute Gasteiger partial charge is 0.360 e. The minimum atomic E-state index is 0.415. The highest BCUT2D eigenvalue weighted by Gasteiger charge is 2.05. The molecule has 0 amide bonds. The van der Waals surface area contributed by atoms with Gasteiger partial charge in [0.05, 0.1) is 0 Å². The fraction of sp³-hybridized carbons (Fsp3) is 0.611. The molecule has 0 aliphatic heterocycles. The molecule has 1 unspecified atom stereocenters. The van der Waals surface area contributed by atoms with E-state index < -0.39 is 0 Å². The third-order valence-electron chi connectivity index (χ3n) is 3.63. The van der Waals surface area contributed by atoms with Crippen molar-refractivity contribution in [3.63, 3.8) is 0 Å². The van der Waals surface area contributed by atoms with Crippen LogP contribution in [0.5, 0.6) is 0 Å². The molecule has 0 spiro atoms. The smallest absolute Gasteiger partial charge is 0.170 e. The molecule has 3 heteroatoms. The summed E-state index contributed by atoms with van der Waals surface area (Å²) in [4.78, 5) is 0. The second-order valence-corrected chi connectivity index (χ2v) is 7.01. The van der Waals surface area contributed by atoms with Gasteiger partial charge in [0.2, 0.25) is 0 Å². The number of rotatable bonds is 7. The number of hydrogen-bond acceptors (Lipinski definition) is 1. The summed E-state index contributed by atoms with van der Waals surface area (Å²) >= 11 is 5.38. The first-order chi connectivity index (χ1) is 9.88. The van der Waals surface area contributed by atoms with Crippen LogP contribution in [0.4, 0.5) is 5.69 Å². The first-order valence-electron chi connectivity index (χ1n) is 8.06. The fourth-order valence-corrected chi connectivity index (χ4v) is 2.57. The van der Waals surface area contributed by atoms with E-state index in [1.807, 2.05) is 0 Å². The van der Waals surface area contributed by atoms with Crippen molar-refractivity contribution < 1.29 is 0 Å². The van der Waals surface area contributed by atoms with E-state index >= 15 is 0 Å². The fourth-order valence-electron chi connectivity index (χ4n) is 2.25. The van der Waals surface area contributed by atoms with E-state index in [1.54, 1.807) is 0 Å². The van der Waals surface area contributed by atoms with Gasteiger partial charge in [-0.1, -0.05) is 52.7 Å². The minimum absolute atomic E-state index is 0.415. The average molecular weight is 307 g/mol. The number of anilines is 1. The molecule has 2 nitrogen and oxygen atoms in total. The normalized spacial score (nSPS) is 12.5. The average Bonchev–Trinajstić information content (AvgIpc) is 2.38. The quantitative estimate of drug-likeness (QED) is 0.667. The Morgan fingerprint density at radius 2 is 1.62 bits per heavy atom. The van der Waals surface area contributed by atoms with E-state index in [-0.39, 0.29) is 0 Å². The van der Waals surface area contributed by atoms with Gasteiger partial charge in [0, 0.05) is 11.7 Å². The Labute approximate surface area is 135 Å². The van der Waals surface area contributed by atoms with Gasteiger partial charge in [0.25, 0.3) is 0 Å². The molecule has 1 rings (SSSR count). The van der Waals surface area contributed by atoms with Crippen LogP contribution < -0.4 is 10.6 Å². The molecule has 0 radical (unpaired) electrons. The van der Waals surface area contributed by atoms with Crippen LogP contribution in [0.15, 0.2) is 24.3 Å². The second kappa shape index (κ2) is 9.04. The van der Waals surface area contributed by atoms with Crippen molar-refractivity contribution >= 4 is 23.0 Å². The van der Waals surface area contributed by atoms with Crippen LogP contribution in [0.2, 0.25) is 0 Å². The molecule has 0 aliphatic carbocycles. The zero-order valence-electron chi connectivity index (χ0n) is 14.1. The highest BCUT2D eigenvalue weighted by atomic mass is 32.1. The lowest BCUT2D eigenvalue weighted by Gasteiger charge is -2.17. The molecule has 21 heavy (non-hydrogen) atoms. The lowest BCUT2D eigenvalue weighted by atomic mass is 10.0. The lowest BCUT2D eigenvalue weighted by Crippen LogP contribution is -2.35. The maximum Gasteiger partial charge on any atom is 0.170 e. The topological polar surface area (TPSA) is 24.1 Å². The Morgan fingerprint density at radius 3 is 2.14 bits per heavy atom. The summed E-state index contributed by atoms with van der Waals surface area (Å²) in [7, 11) is 0. The van der Waals surface area contributed by atoms with Gasteiger partial charge < -0.3 is 10.6 Å². The van der Waals surface area contributed by atoms with Crippen LogP contribution in [0, 0.1) is 5.92 Å². The summed E-state index contributed by atoms with van der Waals surface area (Å²) in [5.74, 6) is 1.34. The van der Waals surface area contributed by atoms with Crippen LogP contribution in [-0.4, -0.2) is 11.2 Å². The number of benzene rings is 1. The van der Waals surface area contributed by atoms with E-state index in [2.05, 4.69) is 69.5 Å².